The predicted molar refractivity (Wildman–Crippen MR) is 90.8 cm³/mol. The van der Waals surface area contributed by atoms with Gasteiger partial charge >= 0.3 is 6.18 Å². The average molecular weight is 368 g/mol. The van der Waals surface area contributed by atoms with Crippen LogP contribution >= 0.6 is 11.3 Å². The Morgan fingerprint density at radius 1 is 1.16 bits per heavy atom. The van der Waals surface area contributed by atoms with Crippen molar-refractivity contribution in [1.82, 2.24) is 9.88 Å². The van der Waals surface area contributed by atoms with Gasteiger partial charge in [0.25, 0.3) is 0 Å². The number of halogens is 3. The highest BCUT2D eigenvalue weighted by Gasteiger charge is 2.32. The van der Waals surface area contributed by atoms with Crippen LogP contribution in [0.1, 0.15) is 40.2 Å². The maximum absolute atomic E-state index is 12.9. The van der Waals surface area contributed by atoms with Crippen molar-refractivity contribution in [3.8, 4) is 0 Å². The topological polar surface area (TPSA) is 33.2 Å². The van der Waals surface area contributed by atoms with E-state index in [1.165, 1.54) is 23.5 Å². The van der Waals surface area contributed by atoms with Crippen LogP contribution in [0.5, 0.6) is 0 Å². The van der Waals surface area contributed by atoms with Gasteiger partial charge in [0.05, 0.1) is 11.6 Å². The second-order valence-corrected chi connectivity index (χ2v) is 7.11. The highest BCUT2D eigenvalue weighted by Crippen LogP contribution is 2.29. The number of alkyl halides is 3. The van der Waals surface area contributed by atoms with E-state index >= 15 is 0 Å². The molecule has 25 heavy (non-hydrogen) atoms. The van der Waals surface area contributed by atoms with Crippen LogP contribution in [-0.2, 0) is 12.6 Å². The zero-order valence-electron chi connectivity index (χ0n) is 13.6. The molecule has 0 bridgehead atoms. The summed E-state index contributed by atoms with van der Waals surface area (Å²) in [4.78, 5) is 19.1. The zero-order valence-corrected chi connectivity index (χ0v) is 14.4. The van der Waals surface area contributed by atoms with Gasteiger partial charge in [0.1, 0.15) is 0 Å². The van der Waals surface area contributed by atoms with Gasteiger partial charge in [-0.2, -0.15) is 13.2 Å². The van der Waals surface area contributed by atoms with E-state index in [2.05, 4.69) is 9.88 Å². The molecule has 0 N–H and O–H groups in total. The number of aromatic nitrogens is 1. The van der Waals surface area contributed by atoms with Crippen molar-refractivity contribution in [1.29, 1.82) is 0 Å². The zero-order chi connectivity index (χ0) is 17.9. The number of hydrogen-bond donors (Lipinski definition) is 0. The van der Waals surface area contributed by atoms with Crippen molar-refractivity contribution in [2.75, 3.05) is 13.1 Å². The first kappa shape index (κ1) is 18.1. The van der Waals surface area contributed by atoms with Crippen LogP contribution in [0.25, 0.3) is 0 Å². The number of rotatable bonds is 5. The molecule has 1 aromatic carbocycles. The molecule has 2 heterocycles. The molecule has 0 saturated carbocycles. The van der Waals surface area contributed by atoms with Gasteiger partial charge in [0.15, 0.2) is 5.01 Å². The Morgan fingerprint density at radius 3 is 2.40 bits per heavy atom. The summed E-state index contributed by atoms with van der Waals surface area (Å²) in [6.07, 6.45) is 0.875. The highest BCUT2D eigenvalue weighted by molar-refractivity contribution is 7.11. The van der Waals surface area contributed by atoms with Crippen LogP contribution in [0.3, 0.4) is 0 Å². The number of hydrogen-bond acceptors (Lipinski definition) is 4. The van der Waals surface area contributed by atoms with Gasteiger partial charge in [-0.3, -0.25) is 9.69 Å². The first-order valence-electron chi connectivity index (χ1n) is 8.29. The van der Waals surface area contributed by atoms with Crippen molar-refractivity contribution in [2.45, 2.75) is 37.9 Å². The number of nitrogens with zero attached hydrogens (tertiary/aromatic N) is 2. The summed E-state index contributed by atoms with van der Waals surface area (Å²) in [5.41, 5.74) is 0.0607. The molecule has 3 nitrogen and oxygen atoms in total. The molecule has 1 fully saturated rings. The van der Waals surface area contributed by atoms with E-state index in [1.807, 2.05) is 0 Å². The van der Waals surface area contributed by atoms with Gasteiger partial charge in [-0.25, -0.2) is 4.98 Å². The lowest BCUT2D eigenvalue weighted by Crippen LogP contribution is -2.45. The molecule has 1 unspecified atom stereocenters. The van der Waals surface area contributed by atoms with Crippen molar-refractivity contribution < 1.29 is 18.0 Å². The lowest BCUT2D eigenvalue weighted by atomic mass is 9.97. The number of ketones is 1. The Balaban J connectivity index is 1.80. The molecular weight excluding hydrogens is 349 g/mol. The van der Waals surface area contributed by atoms with E-state index in [-0.39, 0.29) is 11.8 Å². The molecule has 1 aromatic heterocycles. The maximum Gasteiger partial charge on any atom is 0.416 e. The summed E-state index contributed by atoms with van der Waals surface area (Å²) < 4.78 is 38.2. The SMILES string of the molecule is O=C(c1nccs1)C(Cc1ccc(C(F)(F)F)cc1)N1CCCCC1. The molecule has 0 aliphatic carbocycles. The third-order valence-electron chi connectivity index (χ3n) is 4.49. The maximum atomic E-state index is 12.9. The fourth-order valence-electron chi connectivity index (χ4n) is 3.16. The second-order valence-electron chi connectivity index (χ2n) is 6.21. The Kier molecular flexibility index (Phi) is 5.54. The summed E-state index contributed by atoms with van der Waals surface area (Å²) in [5, 5.41) is 2.22. The molecule has 0 spiro atoms. The number of piperidine rings is 1. The number of carbonyl (C=O) groups excluding carboxylic acids is 1. The summed E-state index contributed by atoms with van der Waals surface area (Å²) >= 11 is 1.30. The fraction of sp³-hybridized carbons (Fsp3) is 0.444. The van der Waals surface area contributed by atoms with Crippen LogP contribution in [0.15, 0.2) is 35.8 Å². The quantitative estimate of drug-likeness (QED) is 0.732. The number of likely N-dealkylation sites (tertiary alicyclic amines) is 1. The molecule has 7 heteroatoms. The molecule has 0 amide bonds. The summed E-state index contributed by atoms with van der Waals surface area (Å²) in [6.45, 7) is 1.67. The Bertz CT molecular complexity index is 692. The van der Waals surface area contributed by atoms with Crippen LogP contribution in [-0.4, -0.2) is 34.8 Å². The third kappa shape index (κ3) is 4.46. The minimum absolute atomic E-state index is 0.0446. The fourth-order valence-corrected chi connectivity index (χ4v) is 3.78. The first-order valence-corrected chi connectivity index (χ1v) is 9.17. The van der Waals surface area contributed by atoms with Crippen LogP contribution in [0, 0.1) is 0 Å². The second kappa shape index (κ2) is 7.66. The lowest BCUT2D eigenvalue weighted by Gasteiger charge is -2.33. The Labute approximate surface area is 148 Å². The Hall–Kier alpha value is -1.73. The minimum atomic E-state index is -4.35. The highest BCUT2D eigenvalue weighted by atomic mass is 32.1. The first-order chi connectivity index (χ1) is 11.9. The number of carbonyl (C=O) groups is 1. The molecular formula is C18H19F3N2OS. The monoisotopic (exact) mass is 368 g/mol. The molecule has 1 aliphatic rings. The van der Waals surface area contributed by atoms with Gasteiger partial charge in [-0.15, -0.1) is 11.3 Å². The molecule has 1 aliphatic heterocycles. The van der Waals surface area contributed by atoms with Crippen LogP contribution < -0.4 is 0 Å². The molecule has 1 atom stereocenters. The van der Waals surface area contributed by atoms with Crippen molar-refractivity contribution in [3.05, 3.63) is 52.0 Å². The van der Waals surface area contributed by atoms with Crippen molar-refractivity contribution >= 4 is 17.1 Å². The van der Waals surface area contributed by atoms with E-state index in [4.69, 9.17) is 0 Å². The molecule has 2 aromatic rings. The smallest absolute Gasteiger partial charge is 0.293 e. The van der Waals surface area contributed by atoms with Gasteiger partial charge in [0, 0.05) is 11.6 Å². The lowest BCUT2D eigenvalue weighted by molar-refractivity contribution is -0.137. The molecule has 3 rings (SSSR count). The van der Waals surface area contributed by atoms with E-state index in [1.54, 1.807) is 11.6 Å². The van der Waals surface area contributed by atoms with Gasteiger partial charge < -0.3 is 0 Å². The van der Waals surface area contributed by atoms with E-state index in [0.717, 1.165) is 50.0 Å². The number of benzene rings is 1. The number of Topliss-reactive ketones (excluding diaryl/α,β-unsaturated/α-hetero) is 1. The van der Waals surface area contributed by atoms with Gasteiger partial charge in [-0.05, 0) is 50.0 Å². The predicted octanol–water partition coefficient (Wildman–Crippen LogP) is 4.44. The normalized spacial score (nSPS) is 17.4. The van der Waals surface area contributed by atoms with E-state index < -0.39 is 11.7 Å². The van der Waals surface area contributed by atoms with Gasteiger partial charge in [-0.1, -0.05) is 18.6 Å². The van der Waals surface area contributed by atoms with Crippen molar-refractivity contribution in [2.24, 2.45) is 0 Å². The summed E-state index contributed by atoms with van der Waals surface area (Å²) in [7, 11) is 0. The third-order valence-corrected chi connectivity index (χ3v) is 5.28. The molecule has 1 saturated heterocycles. The number of thiazole rings is 1. The molecule has 134 valence electrons. The van der Waals surface area contributed by atoms with E-state index in [0.29, 0.717) is 11.4 Å². The summed E-state index contributed by atoms with van der Waals surface area (Å²) in [5.74, 6) is -0.0446. The van der Waals surface area contributed by atoms with Crippen molar-refractivity contribution in [3.63, 3.8) is 0 Å². The summed E-state index contributed by atoms with van der Waals surface area (Å²) in [6, 6.07) is 4.72. The van der Waals surface area contributed by atoms with Gasteiger partial charge in [0.2, 0.25) is 5.78 Å². The minimum Gasteiger partial charge on any atom is -0.293 e. The standard InChI is InChI=1S/C18H19F3N2OS/c19-18(20,21)14-6-4-13(5-7-14)12-15(23-9-2-1-3-10-23)16(24)17-22-8-11-25-17/h4-8,11,15H,1-3,9-10,12H2. The van der Waals surface area contributed by atoms with E-state index in [9.17, 15) is 18.0 Å². The average Bonchev–Trinajstić information content (AvgIpc) is 3.14. The van der Waals surface area contributed by atoms with Crippen LogP contribution in [0.2, 0.25) is 0 Å². The van der Waals surface area contributed by atoms with Crippen LogP contribution in [0.4, 0.5) is 13.2 Å². The largest absolute Gasteiger partial charge is 0.416 e. The Morgan fingerprint density at radius 2 is 1.84 bits per heavy atom. The molecule has 0 radical (unpaired) electrons.